The Morgan fingerprint density at radius 2 is 1.94 bits per heavy atom. The van der Waals surface area contributed by atoms with Crippen molar-refractivity contribution in [3.8, 4) is 5.75 Å². The summed E-state index contributed by atoms with van der Waals surface area (Å²) in [7, 11) is 1.68. The largest absolute Gasteiger partial charge is 0.496 e. The predicted molar refractivity (Wildman–Crippen MR) is 70.4 cm³/mol. The van der Waals surface area contributed by atoms with E-state index in [1.807, 2.05) is 13.0 Å². The quantitative estimate of drug-likeness (QED) is 0.827. The van der Waals surface area contributed by atoms with Crippen LogP contribution in [0.1, 0.15) is 37.8 Å². The van der Waals surface area contributed by atoms with Crippen LogP contribution in [0.2, 0.25) is 0 Å². The van der Waals surface area contributed by atoms with E-state index in [0.29, 0.717) is 19.1 Å². The van der Waals surface area contributed by atoms with Gasteiger partial charge >= 0.3 is 0 Å². The van der Waals surface area contributed by atoms with Crippen molar-refractivity contribution in [2.45, 2.75) is 39.3 Å². The minimum atomic E-state index is 0.0641. The zero-order valence-electron chi connectivity index (χ0n) is 11.2. The van der Waals surface area contributed by atoms with E-state index in [4.69, 9.17) is 15.2 Å². The monoisotopic (exact) mass is 237 g/mol. The van der Waals surface area contributed by atoms with Gasteiger partial charge in [-0.05, 0) is 30.5 Å². The minimum absolute atomic E-state index is 0.0641. The van der Waals surface area contributed by atoms with Gasteiger partial charge in [-0.2, -0.15) is 0 Å². The maximum atomic E-state index is 5.65. The van der Waals surface area contributed by atoms with Crippen molar-refractivity contribution in [1.29, 1.82) is 0 Å². The molecule has 1 rings (SSSR count). The second kappa shape index (κ2) is 6.62. The number of benzene rings is 1. The number of methoxy groups -OCH3 is 1. The highest BCUT2D eigenvalue weighted by Gasteiger charge is 2.07. The lowest BCUT2D eigenvalue weighted by atomic mass is 10.0. The summed E-state index contributed by atoms with van der Waals surface area (Å²) in [4.78, 5) is 0. The third-order valence-corrected chi connectivity index (χ3v) is 2.61. The summed E-state index contributed by atoms with van der Waals surface area (Å²) in [6.45, 7) is 7.39. The first-order chi connectivity index (χ1) is 8.04. The Kier molecular flexibility index (Phi) is 5.45. The van der Waals surface area contributed by atoms with Crippen LogP contribution in [0, 0.1) is 0 Å². The number of nitrogens with two attached hydrogens (primary N) is 1. The van der Waals surface area contributed by atoms with Crippen molar-refractivity contribution in [3.05, 3.63) is 29.3 Å². The topological polar surface area (TPSA) is 44.5 Å². The number of rotatable bonds is 6. The van der Waals surface area contributed by atoms with Gasteiger partial charge in [-0.1, -0.05) is 19.9 Å². The van der Waals surface area contributed by atoms with Gasteiger partial charge in [0.25, 0.3) is 0 Å². The van der Waals surface area contributed by atoms with Crippen LogP contribution in [0.15, 0.2) is 18.2 Å². The highest BCUT2D eigenvalue weighted by atomic mass is 16.5. The molecular formula is C14H23NO2. The van der Waals surface area contributed by atoms with E-state index in [2.05, 4.69) is 26.0 Å². The van der Waals surface area contributed by atoms with Crippen LogP contribution in [-0.2, 0) is 11.3 Å². The Labute approximate surface area is 104 Å². The lowest BCUT2D eigenvalue weighted by Crippen LogP contribution is -2.21. The molecule has 0 heterocycles. The van der Waals surface area contributed by atoms with Crippen molar-refractivity contribution >= 4 is 0 Å². The van der Waals surface area contributed by atoms with Gasteiger partial charge in [0.2, 0.25) is 0 Å². The lowest BCUT2D eigenvalue weighted by molar-refractivity contribution is 0.109. The van der Waals surface area contributed by atoms with Crippen molar-refractivity contribution in [3.63, 3.8) is 0 Å². The first kappa shape index (κ1) is 14.0. The Balaban J connectivity index is 2.75. The summed E-state index contributed by atoms with van der Waals surface area (Å²) < 4.78 is 10.9. The molecule has 0 aliphatic carbocycles. The van der Waals surface area contributed by atoms with Gasteiger partial charge in [-0.3, -0.25) is 0 Å². The van der Waals surface area contributed by atoms with E-state index in [1.165, 1.54) is 5.56 Å². The van der Waals surface area contributed by atoms with Crippen LogP contribution in [0.3, 0.4) is 0 Å². The third kappa shape index (κ3) is 4.36. The van der Waals surface area contributed by atoms with Gasteiger partial charge in [0, 0.05) is 11.6 Å². The first-order valence-electron chi connectivity index (χ1n) is 6.04. The summed E-state index contributed by atoms with van der Waals surface area (Å²) in [6.07, 6.45) is 0. The molecule has 0 aromatic heterocycles. The average molecular weight is 237 g/mol. The maximum absolute atomic E-state index is 5.65. The van der Waals surface area contributed by atoms with Crippen LogP contribution in [0.5, 0.6) is 5.75 Å². The molecule has 0 amide bonds. The van der Waals surface area contributed by atoms with E-state index in [1.54, 1.807) is 7.11 Å². The molecule has 0 bridgehead atoms. The van der Waals surface area contributed by atoms with E-state index in [-0.39, 0.29) is 6.04 Å². The fraction of sp³-hybridized carbons (Fsp3) is 0.571. The second-order valence-electron chi connectivity index (χ2n) is 4.72. The molecule has 3 nitrogen and oxygen atoms in total. The van der Waals surface area contributed by atoms with Gasteiger partial charge < -0.3 is 15.2 Å². The van der Waals surface area contributed by atoms with Crippen molar-refractivity contribution in [1.82, 2.24) is 0 Å². The molecule has 2 N–H and O–H groups in total. The molecule has 3 heteroatoms. The molecule has 0 radical (unpaired) electrons. The molecule has 0 aliphatic heterocycles. The summed E-state index contributed by atoms with van der Waals surface area (Å²) in [5.41, 5.74) is 8.03. The summed E-state index contributed by atoms with van der Waals surface area (Å²) in [5, 5.41) is 0. The zero-order valence-corrected chi connectivity index (χ0v) is 11.2. The van der Waals surface area contributed by atoms with Gasteiger partial charge in [0.05, 0.1) is 20.3 Å². The van der Waals surface area contributed by atoms with Gasteiger partial charge in [-0.15, -0.1) is 0 Å². The second-order valence-corrected chi connectivity index (χ2v) is 4.72. The fourth-order valence-corrected chi connectivity index (χ4v) is 1.63. The molecule has 1 unspecified atom stereocenters. The van der Waals surface area contributed by atoms with E-state index in [0.717, 1.165) is 11.3 Å². The molecule has 0 spiro atoms. The summed E-state index contributed by atoms with van der Waals surface area (Å²) in [6, 6.07) is 6.30. The Morgan fingerprint density at radius 1 is 1.24 bits per heavy atom. The normalized spacial score (nSPS) is 12.8. The molecule has 1 atom stereocenters. The molecule has 1 aromatic rings. The van der Waals surface area contributed by atoms with Crippen LogP contribution in [0.4, 0.5) is 0 Å². The Hall–Kier alpha value is -1.06. The van der Waals surface area contributed by atoms with Crippen LogP contribution in [-0.4, -0.2) is 19.8 Å². The SMILES string of the molecule is COc1ccc(C(C)C)cc1COCC(C)N. The van der Waals surface area contributed by atoms with E-state index >= 15 is 0 Å². The summed E-state index contributed by atoms with van der Waals surface area (Å²) in [5.74, 6) is 1.38. The van der Waals surface area contributed by atoms with Crippen LogP contribution >= 0.6 is 0 Å². The zero-order chi connectivity index (χ0) is 12.8. The highest BCUT2D eigenvalue weighted by Crippen LogP contribution is 2.24. The maximum Gasteiger partial charge on any atom is 0.124 e. The smallest absolute Gasteiger partial charge is 0.124 e. The molecule has 0 fully saturated rings. The van der Waals surface area contributed by atoms with Gasteiger partial charge in [0.15, 0.2) is 0 Å². The molecule has 1 aromatic carbocycles. The molecule has 0 saturated carbocycles. The summed E-state index contributed by atoms with van der Waals surface area (Å²) >= 11 is 0. The molecule has 17 heavy (non-hydrogen) atoms. The van der Waals surface area contributed by atoms with E-state index in [9.17, 15) is 0 Å². The molecular weight excluding hydrogens is 214 g/mol. The third-order valence-electron chi connectivity index (χ3n) is 2.61. The standard InChI is InChI=1S/C14H23NO2/c1-10(2)12-5-6-14(16-4)13(7-12)9-17-8-11(3)15/h5-7,10-11H,8-9,15H2,1-4H3. The average Bonchev–Trinajstić information content (AvgIpc) is 2.28. The number of hydrogen-bond acceptors (Lipinski definition) is 3. The molecule has 96 valence electrons. The minimum Gasteiger partial charge on any atom is -0.496 e. The van der Waals surface area contributed by atoms with Gasteiger partial charge in [-0.25, -0.2) is 0 Å². The highest BCUT2D eigenvalue weighted by molar-refractivity contribution is 5.37. The lowest BCUT2D eigenvalue weighted by Gasteiger charge is -2.13. The fourth-order valence-electron chi connectivity index (χ4n) is 1.63. The Bertz CT molecular complexity index is 348. The van der Waals surface area contributed by atoms with Crippen LogP contribution < -0.4 is 10.5 Å². The van der Waals surface area contributed by atoms with Crippen molar-refractivity contribution in [2.75, 3.05) is 13.7 Å². The predicted octanol–water partition coefficient (Wildman–Crippen LogP) is 2.68. The van der Waals surface area contributed by atoms with E-state index < -0.39 is 0 Å². The van der Waals surface area contributed by atoms with Crippen LogP contribution in [0.25, 0.3) is 0 Å². The van der Waals surface area contributed by atoms with Gasteiger partial charge in [0.1, 0.15) is 5.75 Å². The van der Waals surface area contributed by atoms with Crippen molar-refractivity contribution in [2.24, 2.45) is 5.73 Å². The molecule has 0 aliphatic rings. The molecule has 0 saturated heterocycles. The Morgan fingerprint density at radius 3 is 2.47 bits per heavy atom. The number of hydrogen-bond donors (Lipinski definition) is 1. The number of ether oxygens (including phenoxy) is 2. The van der Waals surface area contributed by atoms with Crippen molar-refractivity contribution < 1.29 is 9.47 Å². The first-order valence-corrected chi connectivity index (χ1v) is 6.04.